The third-order valence-electron chi connectivity index (χ3n) is 1.52. The first-order chi connectivity index (χ1) is 5.61. The molecule has 0 aliphatic rings. The number of hydrogen-bond acceptors (Lipinski definition) is 2. The normalized spacial score (nSPS) is 12.6. The van der Waals surface area contributed by atoms with Gasteiger partial charge in [-0.3, -0.25) is 4.79 Å². The van der Waals surface area contributed by atoms with Gasteiger partial charge in [0.1, 0.15) is 5.78 Å². The second kappa shape index (κ2) is 4.10. The van der Waals surface area contributed by atoms with Gasteiger partial charge in [0.15, 0.2) is 0 Å². The molecular formula is C9H9BrOS. The largest absolute Gasteiger partial charge is 0.298 e. The zero-order chi connectivity index (χ0) is 9.14. The van der Waals surface area contributed by atoms with Crippen molar-refractivity contribution in [2.24, 2.45) is 0 Å². The number of hydrogen-bond donors (Lipinski definition) is 1. The maximum atomic E-state index is 11.0. The van der Waals surface area contributed by atoms with E-state index in [2.05, 4.69) is 28.6 Å². The zero-order valence-corrected chi connectivity index (χ0v) is 9.10. The number of carbonyl (C=O) groups is 1. The van der Waals surface area contributed by atoms with E-state index in [0.717, 1.165) is 10.5 Å². The van der Waals surface area contributed by atoms with Crippen LogP contribution in [0.5, 0.6) is 0 Å². The minimum Gasteiger partial charge on any atom is -0.298 e. The van der Waals surface area contributed by atoms with Crippen LogP contribution in [0.2, 0.25) is 0 Å². The summed E-state index contributed by atoms with van der Waals surface area (Å²) >= 11 is 7.49. The number of alkyl halides is 1. The number of benzene rings is 1. The van der Waals surface area contributed by atoms with Crippen LogP contribution in [0.15, 0.2) is 29.2 Å². The quantitative estimate of drug-likeness (QED) is 0.626. The number of rotatable bonds is 2. The van der Waals surface area contributed by atoms with Crippen molar-refractivity contribution in [3.8, 4) is 0 Å². The van der Waals surface area contributed by atoms with Crippen molar-refractivity contribution in [3.05, 3.63) is 29.8 Å². The van der Waals surface area contributed by atoms with Gasteiger partial charge in [0, 0.05) is 4.90 Å². The van der Waals surface area contributed by atoms with Gasteiger partial charge in [0.05, 0.1) is 4.83 Å². The first kappa shape index (κ1) is 9.81. The molecule has 1 aromatic rings. The molecule has 0 heterocycles. The Bertz CT molecular complexity index is 298. The lowest BCUT2D eigenvalue weighted by Gasteiger charge is -2.05. The number of ketones is 1. The molecular weight excluding hydrogens is 236 g/mol. The Balaban J connectivity index is 2.95. The van der Waals surface area contributed by atoms with E-state index in [-0.39, 0.29) is 10.6 Å². The molecule has 64 valence electrons. The van der Waals surface area contributed by atoms with Crippen LogP contribution in [0.25, 0.3) is 0 Å². The molecule has 1 unspecified atom stereocenters. The van der Waals surface area contributed by atoms with Crippen LogP contribution in [0.1, 0.15) is 17.3 Å². The molecule has 0 radical (unpaired) electrons. The lowest BCUT2D eigenvalue weighted by Crippen LogP contribution is -2.00. The number of Topliss-reactive ketones (excluding diaryl/α,β-unsaturated/α-hetero) is 1. The molecule has 0 fully saturated rings. The maximum absolute atomic E-state index is 11.0. The second-order valence-electron chi connectivity index (χ2n) is 2.57. The summed E-state index contributed by atoms with van der Waals surface area (Å²) in [6, 6.07) is 7.55. The average molecular weight is 245 g/mol. The van der Waals surface area contributed by atoms with Gasteiger partial charge in [-0.1, -0.05) is 28.1 Å². The molecule has 0 bridgehead atoms. The fourth-order valence-electron chi connectivity index (χ4n) is 0.917. The molecule has 0 N–H and O–H groups in total. The van der Waals surface area contributed by atoms with Crippen molar-refractivity contribution in [1.82, 2.24) is 0 Å². The van der Waals surface area contributed by atoms with E-state index in [4.69, 9.17) is 0 Å². The summed E-state index contributed by atoms with van der Waals surface area (Å²) in [6.07, 6.45) is 0. The van der Waals surface area contributed by atoms with Gasteiger partial charge in [-0.25, -0.2) is 0 Å². The van der Waals surface area contributed by atoms with Gasteiger partial charge < -0.3 is 0 Å². The topological polar surface area (TPSA) is 17.1 Å². The predicted molar refractivity (Wildman–Crippen MR) is 56.0 cm³/mol. The molecule has 0 aliphatic carbocycles. The fraction of sp³-hybridized carbons (Fsp3) is 0.222. The summed E-state index contributed by atoms with van der Waals surface area (Å²) in [5.74, 6) is 0.105. The van der Waals surface area contributed by atoms with Crippen LogP contribution in [0, 0.1) is 0 Å². The zero-order valence-electron chi connectivity index (χ0n) is 6.62. The van der Waals surface area contributed by atoms with E-state index in [1.165, 1.54) is 0 Å². The smallest absolute Gasteiger partial charge is 0.147 e. The molecule has 0 saturated carbocycles. The highest BCUT2D eigenvalue weighted by Crippen LogP contribution is 2.24. The molecule has 1 aromatic carbocycles. The minimum absolute atomic E-state index is 0.105. The number of carbonyl (C=O) groups excluding carboxylic acids is 1. The Kier molecular flexibility index (Phi) is 3.35. The van der Waals surface area contributed by atoms with Gasteiger partial charge in [-0.15, -0.1) is 12.6 Å². The highest BCUT2D eigenvalue weighted by atomic mass is 79.9. The van der Waals surface area contributed by atoms with Gasteiger partial charge in [-0.05, 0) is 24.6 Å². The number of thiol groups is 1. The lowest BCUT2D eigenvalue weighted by molar-refractivity contribution is -0.116. The monoisotopic (exact) mass is 244 g/mol. The summed E-state index contributed by atoms with van der Waals surface area (Å²) in [7, 11) is 0. The predicted octanol–water partition coefficient (Wildman–Crippen LogP) is 3.00. The van der Waals surface area contributed by atoms with Crippen molar-refractivity contribution in [2.45, 2.75) is 16.6 Å². The highest BCUT2D eigenvalue weighted by molar-refractivity contribution is 9.09. The molecule has 1 rings (SSSR count). The Morgan fingerprint density at radius 2 is 2.25 bits per heavy atom. The van der Waals surface area contributed by atoms with E-state index in [9.17, 15) is 4.79 Å². The van der Waals surface area contributed by atoms with E-state index in [0.29, 0.717) is 0 Å². The maximum Gasteiger partial charge on any atom is 0.147 e. The summed E-state index contributed by atoms with van der Waals surface area (Å²) < 4.78 is 0. The Hall–Kier alpha value is -0.280. The molecule has 12 heavy (non-hydrogen) atoms. The van der Waals surface area contributed by atoms with Gasteiger partial charge in [0.25, 0.3) is 0 Å². The number of halogens is 1. The Labute approximate surface area is 85.7 Å². The molecule has 1 atom stereocenters. The summed E-state index contributed by atoms with van der Waals surface area (Å²) in [5.41, 5.74) is 0.954. The molecule has 1 nitrogen and oxygen atoms in total. The molecule has 0 amide bonds. The third-order valence-corrected chi connectivity index (χ3v) is 2.97. The van der Waals surface area contributed by atoms with Crippen molar-refractivity contribution in [3.63, 3.8) is 0 Å². The standard InChI is InChI=1S/C9H9BrOS/c1-6(11)9(10)7-3-2-4-8(12)5-7/h2-5,9,12H,1H3. The van der Waals surface area contributed by atoms with Crippen molar-refractivity contribution in [2.75, 3.05) is 0 Å². The van der Waals surface area contributed by atoms with Crippen LogP contribution in [-0.2, 0) is 4.79 Å². The first-order valence-corrected chi connectivity index (χ1v) is 4.91. The average Bonchev–Trinajstić information content (AvgIpc) is 2.03. The summed E-state index contributed by atoms with van der Waals surface area (Å²) in [4.78, 5) is 11.7. The molecule has 0 aliphatic heterocycles. The Morgan fingerprint density at radius 3 is 2.75 bits per heavy atom. The van der Waals surface area contributed by atoms with E-state index in [1.54, 1.807) is 6.92 Å². The van der Waals surface area contributed by atoms with E-state index in [1.807, 2.05) is 24.3 Å². The van der Waals surface area contributed by atoms with Crippen molar-refractivity contribution in [1.29, 1.82) is 0 Å². The molecule has 0 aromatic heterocycles. The Morgan fingerprint density at radius 1 is 1.58 bits per heavy atom. The minimum atomic E-state index is -0.204. The van der Waals surface area contributed by atoms with Crippen LogP contribution >= 0.6 is 28.6 Å². The van der Waals surface area contributed by atoms with E-state index >= 15 is 0 Å². The van der Waals surface area contributed by atoms with Crippen LogP contribution in [-0.4, -0.2) is 5.78 Å². The van der Waals surface area contributed by atoms with E-state index < -0.39 is 0 Å². The second-order valence-corrected chi connectivity index (χ2v) is 4.00. The summed E-state index contributed by atoms with van der Waals surface area (Å²) in [5, 5.41) is 0. The van der Waals surface area contributed by atoms with Gasteiger partial charge in [-0.2, -0.15) is 0 Å². The van der Waals surface area contributed by atoms with Crippen molar-refractivity contribution >= 4 is 34.3 Å². The summed E-state index contributed by atoms with van der Waals surface area (Å²) in [6.45, 7) is 1.56. The van der Waals surface area contributed by atoms with Crippen LogP contribution < -0.4 is 0 Å². The van der Waals surface area contributed by atoms with Gasteiger partial charge >= 0.3 is 0 Å². The molecule has 0 saturated heterocycles. The third kappa shape index (κ3) is 2.35. The SMILES string of the molecule is CC(=O)C(Br)c1cccc(S)c1. The fourth-order valence-corrected chi connectivity index (χ4v) is 1.44. The lowest BCUT2D eigenvalue weighted by atomic mass is 10.1. The van der Waals surface area contributed by atoms with Crippen molar-refractivity contribution < 1.29 is 4.79 Å². The van der Waals surface area contributed by atoms with Crippen LogP contribution in [0.3, 0.4) is 0 Å². The first-order valence-electron chi connectivity index (χ1n) is 3.54. The molecule has 3 heteroatoms. The van der Waals surface area contributed by atoms with Gasteiger partial charge in [0.2, 0.25) is 0 Å². The highest BCUT2D eigenvalue weighted by Gasteiger charge is 2.11. The van der Waals surface area contributed by atoms with Crippen LogP contribution in [0.4, 0.5) is 0 Å². The molecule has 0 spiro atoms.